The van der Waals surface area contributed by atoms with Gasteiger partial charge >= 0.3 is 39.5 Å². The van der Waals surface area contributed by atoms with Crippen LogP contribution in [0.2, 0.25) is 0 Å². The fourth-order valence-electron chi connectivity index (χ4n) is 10.3. The molecule has 3 unspecified atom stereocenters. The second-order valence-electron chi connectivity index (χ2n) is 26.8. The maximum absolute atomic E-state index is 13.0. The fourth-order valence-corrected chi connectivity index (χ4v) is 11.9. The van der Waals surface area contributed by atoms with E-state index in [1.807, 2.05) is 0 Å². The molecule has 0 rings (SSSR count). The zero-order valence-corrected chi connectivity index (χ0v) is 59.1. The van der Waals surface area contributed by atoms with Crippen molar-refractivity contribution in [3.05, 3.63) is 0 Å². The Kier molecular flexibility index (Phi) is 57.6. The van der Waals surface area contributed by atoms with Gasteiger partial charge in [-0.25, -0.2) is 9.13 Å². The molecular formula is C69H134O17P2. The van der Waals surface area contributed by atoms with Crippen LogP contribution in [0.3, 0.4) is 0 Å². The van der Waals surface area contributed by atoms with E-state index in [0.717, 1.165) is 114 Å². The van der Waals surface area contributed by atoms with Gasteiger partial charge in [0.05, 0.1) is 26.4 Å². The van der Waals surface area contributed by atoms with Gasteiger partial charge in [0.1, 0.15) is 19.3 Å². The summed E-state index contributed by atoms with van der Waals surface area (Å²) in [5.41, 5.74) is 0. The minimum Gasteiger partial charge on any atom is -0.462 e. The first kappa shape index (κ1) is 86.1. The van der Waals surface area contributed by atoms with Crippen molar-refractivity contribution in [2.45, 2.75) is 356 Å². The summed E-state index contributed by atoms with van der Waals surface area (Å²) in [4.78, 5) is 72.5. The summed E-state index contributed by atoms with van der Waals surface area (Å²) in [5, 5.41) is 10.6. The van der Waals surface area contributed by atoms with Crippen molar-refractivity contribution in [1.82, 2.24) is 0 Å². The lowest BCUT2D eigenvalue weighted by molar-refractivity contribution is -0.161. The second kappa shape index (κ2) is 58.8. The van der Waals surface area contributed by atoms with Crippen molar-refractivity contribution in [2.75, 3.05) is 39.6 Å². The molecule has 88 heavy (non-hydrogen) atoms. The molecule has 0 fully saturated rings. The van der Waals surface area contributed by atoms with Crippen molar-refractivity contribution in [2.24, 2.45) is 23.7 Å². The van der Waals surface area contributed by atoms with Gasteiger partial charge in [0.15, 0.2) is 12.2 Å². The molecule has 19 heteroatoms. The highest BCUT2D eigenvalue weighted by Crippen LogP contribution is 2.45. The number of hydrogen-bond donors (Lipinski definition) is 3. The van der Waals surface area contributed by atoms with Crippen LogP contribution in [0, 0.1) is 23.7 Å². The van der Waals surface area contributed by atoms with Gasteiger partial charge in [-0.05, 0) is 49.4 Å². The van der Waals surface area contributed by atoms with Crippen LogP contribution in [-0.4, -0.2) is 96.7 Å². The highest BCUT2D eigenvalue weighted by atomic mass is 31.2. The molecule has 5 atom stereocenters. The zero-order chi connectivity index (χ0) is 65.4. The number of esters is 4. The van der Waals surface area contributed by atoms with Crippen LogP contribution in [0.5, 0.6) is 0 Å². The Morgan fingerprint density at radius 1 is 0.284 bits per heavy atom. The number of aliphatic hydroxyl groups is 1. The third-order valence-corrected chi connectivity index (χ3v) is 17.7. The summed E-state index contributed by atoms with van der Waals surface area (Å²) in [6.07, 6.45) is 40.4. The normalized spacial score (nSPS) is 14.3. The molecule has 0 amide bonds. The molecule has 0 aromatic carbocycles. The number of phosphoric acid groups is 2. The summed E-state index contributed by atoms with van der Waals surface area (Å²) < 4.78 is 68.2. The van der Waals surface area contributed by atoms with Gasteiger partial charge in [0.2, 0.25) is 0 Å². The smallest absolute Gasteiger partial charge is 0.462 e. The molecule has 0 aliphatic heterocycles. The van der Waals surface area contributed by atoms with E-state index >= 15 is 0 Å². The Balaban J connectivity index is 5.26. The molecule has 0 aromatic rings. The van der Waals surface area contributed by atoms with Crippen molar-refractivity contribution in [3.8, 4) is 0 Å². The maximum Gasteiger partial charge on any atom is 0.472 e. The highest BCUT2D eigenvalue weighted by Gasteiger charge is 2.30. The molecule has 0 aliphatic carbocycles. The molecular weight excluding hydrogens is 1160 g/mol. The van der Waals surface area contributed by atoms with E-state index in [1.54, 1.807) is 0 Å². The zero-order valence-electron chi connectivity index (χ0n) is 57.3. The van der Waals surface area contributed by atoms with Crippen LogP contribution in [0.25, 0.3) is 0 Å². The predicted octanol–water partition coefficient (Wildman–Crippen LogP) is 19.3. The Morgan fingerprint density at radius 2 is 0.477 bits per heavy atom. The third kappa shape index (κ3) is 62.8. The minimum atomic E-state index is -4.95. The van der Waals surface area contributed by atoms with E-state index in [9.17, 15) is 43.2 Å². The first-order valence-corrected chi connectivity index (χ1v) is 38.7. The Labute approximate surface area is 537 Å². The molecule has 522 valence electrons. The lowest BCUT2D eigenvalue weighted by Gasteiger charge is -2.21. The largest absolute Gasteiger partial charge is 0.472 e. The molecule has 0 heterocycles. The van der Waals surface area contributed by atoms with Crippen LogP contribution >= 0.6 is 15.6 Å². The molecule has 17 nitrogen and oxygen atoms in total. The number of phosphoric ester groups is 2. The molecule has 0 aromatic heterocycles. The average Bonchev–Trinajstić information content (AvgIpc) is 3.68. The maximum atomic E-state index is 13.0. The van der Waals surface area contributed by atoms with E-state index in [0.29, 0.717) is 31.6 Å². The summed E-state index contributed by atoms with van der Waals surface area (Å²) >= 11 is 0. The lowest BCUT2D eigenvalue weighted by Crippen LogP contribution is -2.30. The van der Waals surface area contributed by atoms with E-state index in [1.165, 1.54) is 135 Å². The molecule has 0 radical (unpaired) electrons. The molecule has 3 N–H and O–H groups in total. The quantitative estimate of drug-likeness (QED) is 0.0222. The van der Waals surface area contributed by atoms with Gasteiger partial charge < -0.3 is 33.8 Å². The lowest BCUT2D eigenvalue weighted by atomic mass is 10.0. The number of ether oxygens (including phenoxy) is 4. The Bertz CT molecular complexity index is 1750. The Morgan fingerprint density at radius 3 is 0.705 bits per heavy atom. The van der Waals surface area contributed by atoms with Crippen LogP contribution in [0.1, 0.15) is 338 Å². The third-order valence-electron chi connectivity index (χ3n) is 15.8. The predicted molar refractivity (Wildman–Crippen MR) is 354 cm³/mol. The topological polar surface area (TPSA) is 237 Å². The molecule has 0 bridgehead atoms. The van der Waals surface area contributed by atoms with E-state index in [4.69, 9.17) is 37.0 Å². The summed E-state index contributed by atoms with van der Waals surface area (Å²) in [6.45, 7) is 14.0. The monoisotopic (exact) mass is 1300 g/mol. The van der Waals surface area contributed by atoms with Gasteiger partial charge in [-0.15, -0.1) is 0 Å². The van der Waals surface area contributed by atoms with Crippen molar-refractivity contribution in [1.29, 1.82) is 0 Å². The minimum absolute atomic E-state index is 0.104. The molecule has 0 aliphatic rings. The Hall–Kier alpha value is -1.94. The van der Waals surface area contributed by atoms with Gasteiger partial charge in [-0.3, -0.25) is 37.3 Å². The van der Waals surface area contributed by atoms with Crippen LogP contribution < -0.4 is 0 Å². The number of hydrogen-bond acceptors (Lipinski definition) is 15. The van der Waals surface area contributed by atoms with Crippen molar-refractivity contribution < 1.29 is 80.2 Å². The second-order valence-corrected chi connectivity index (χ2v) is 29.7. The number of carbonyl (C=O) groups excluding carboxylic acids is 4. The standard InChI is InChI=1S/C69H134O17P2/c1-59(2)45-37-29-21-14-10-9-11-17-26-35-43-51-68(73)85-64(55-79-66(71)49-41-33-25-18-12-15-22-30-38-46-60(3)4)57-83-87(75,76)81-53-63(70)54-82-88(77,78)84-58-65(56-80-67(72)50-42-34-28-20-24-32-40-48-62(7)8)86-69(74)52-44-36-27-19-13-16-23-31-39-47-61(5)6/h59-65,70H,9-58H2,1-8H3,(H,75,76)(H,77,78)/t63?,64-,65-/m1/s1. The summed E-state index contributed by atoms with van der Waals surface area (Å²) in [7, 11) is -9.90. The average molecular weight is 1300 g/mol. The van der Waals surface area contributed by atoms with E-state index in [2.05, 4.69) is 55.4 Å². The van der Waals surface area contributed by atoms with Crippen LogP contribution in [0.15, 0.2) is 0 Å². The molecule has 0 saturated carbocycles. The van der Waals surface area contributed by atoms with Crippen LogP contribution in [-0.2, 0) is 65.4 Å². The van der Waals surface area contributed by atoms with Gasteiger partial charge in [-0.1, -0.05) is 287 Å². The number of unbranched alkanes of at least 4 members (excludes halogenated alkanes) is 32. The summed E-state index contributed by atoms with van der Waals surface area (Å²) in [5.74, 6) is 0.819. The van der Waals surface area contributed by atoms with Gasteiger partial charge in [-0.2, -0.15) is 0 Å². The first-order chi connectivity index (χ1) is 42.1. The number of aliphatic hydroxyl groups excluding tert-OH is 1. The first-order valence-electron chi connectivity index (χ1n) is 35.7. The van der Waals surface area contributed by atoms with Crippen LogP contribution in [0.4, 0.5) is 0 Å². The highest BCUT2D eigenvalue weighted by molar-refractivity contribution is 7.47. The van der Waals surface area contributed by atoms with E-state index in [-0.39, 0.29) is 25.7 Å². The molecule has 0 spiro atoms. The number of carbonyl (C=O) groups is 4. The number of rotatable bonds is 66. The SMILES string of the molecule is CC(C)CCCCCCCCCCCCCC(=O)O[C@H](COC(=O)CCCCCCCCCCCC(C)C)COP(=O)(O)OCC(O)COP(=O)(O)OC[C@@H](COC(=O)CCCCCCCCCC(C)C)OC(=O)CCCCCCCCCCCC(C)C. The van der Waals surface area contributed by atoms with Crippen molar-refractivity contribution >= 4 is 39.5 Å². The molecule has 0 saturated heterocycles. The van der Waals surface area contributed by atoms with Gasteiger partial charge in [0.25, 0.3) is 0 Å². The van der Waals surface area contributed by atoms with Gasteiger partial charge in [0, 0.05) is 25.7 Å². The summed E-state index contributed by atoms with van der Waals surface area (Å²) in [6, 6.07) is 0. The van der Waals surface area contributed by atoms with E-state index < -0.39 is 97.5 Å². The van der Waals surface area contributed by atoms with Crippen molar-refractivity contribution in [3.63, 3.8) is 0 Å². The fraction of sp³-hybridized carbons (Fsp3) is 0.942.